The van der Waals surface area contributed by atoms with Crippen molar-refractivity contribution in [3.8, 4) is 0 Å². The monoisotopic (exact) mass is 301 g/mol. The van der Waals surface area contributed by atoms with Crippen molar-refractivity contribution in [2.24, 2.45) is 0 Å². The standard InChI is InChI=1S/C18H27N3O/c1-14(18(22)21-10-5-8-17(21)12-19-2)20-11-9-15-6-3-4-7-16(15)13-20/h3-4,6-7,14,17,19H,5,8-13H2,1-2H3. The third-order valence-electron chi connectivity index (χ3n) is 5.17. The van der Waals surface area contributed by atoms with Crippen LogP contribution < -0.4 is 5.32 Å². The van der Waals surface area contributed by atoms with Crippen molar-refractivity contribution in [3.63, 3.8) is 0 Å². The first-order valence-electron chi connectivity index (χ1n) is 8.46. The molecule has 120 valence electrons. The molecule has 0 aliphatic carbocycles. The number of nitrogens with zero attached hydrogens (tertiary/aromatic N) is 2. The van der Waals surface area contributed by atoms with Gasteiger partial charge in [-0.15, -0.1) is 0 Å². The number of likely N-dealkylation sites (N-methyl/N-ethyl adjacent to an activating group) is 1. The van der Waals surface area contributed by atoms with E-state index >= 15 is 0 Å². The molecule has 4 nitrogen and oxygen atoms in total. The zero-order chi connectivity index (χ0) is 15.5. The molecule has 2 atom stereocenters. The fraction of sp³-hybridized carbons (Fsp3) is 0.611. The van der Waals surface area contributed by atoms with Gasteiger partial charge in [0.15, 0.2) is 0 Å². The Morgan fingerprint density at radius 3 is 2.86 bits per heavy atom. The Morgan fingerprint density at radius 2 is 2.09 bits per heavy atom. The lowest BCUT2D eigenvalue weighted by Crippen LogP contribution is -2.51. The van der Waals surface area contributed by atoms with Crippen LogP contribution in [-0.4, -0.2) is 54.5 Å². The molecule has 0 radical (unpaired) electrons. The first kappa shape index (κ1) is 15.5. The summed E-state index contributed by atoms with van der Waals surface area (Å²) in [6.07, 6.45) is 3.31. The topological polar surface area (TPSA) is 35.6 Å². The Labute approximate surface area is 133 Å². The fourth-order valence-corrected chi connectivity index (χ4v) is 3.82. The summed E-state index contributed by atoms with van der Waals surface area (Å²) in [4.78, 5) is 17.3. The lowest BCUT2D eigenvalue weighted by Gasteiger charge is -2.36. The second kappa shape index (κ2) is 6.80. The molecule has 1 N–H and O–H groups in total. The number of rotatable bonds is 4. The van der Waals surface area contributed by atoms with Gasteiger partial charge in [-0.1, -0.05) is 24.3 Å². The van der Waals surface area contributed by atoms with Gasteiger partial charge < -0.3 is 10.2 Å². The lowest BCUT2D eigenvalue weighted by molar-refractivity contribution is -0.137. The van der Waals surface area contributed by atoms with Crippen molar-refractivity contribution >= 4 is 5.91 Å². The summed E-state index contributed by atoms with van der Waals surface area (Å²) in [5.41, 5.74) is 2.81. The van der Waals surface area contributed by atoms with Gasteiger partial charge in [-0.3, -0.25) is 9.69 Å². The molecule has 2 heterocycles. The molecule has 1 aromatic rings. The molecule has 1 aromatic carbocycles. The highest BCUT2D eigenvalue weighted by atomic mass is 16.2. The van der Waals surface area contributed by atoms with Crippen molar-refractivity contribution in [1.29, 1.82) is 0 Å². The van der Waals surface area contributed by atoms with E-state index in [0.29, 0.717) is 11.9 Å². The second-order valence-corrected chi connectivity index (χ2v) is 6.55. The third kappa shape index (κ3) is 3.03. The van der Waals surface area contributed by atoms with Crippen LogP contribution in [0.4, 0.5) is 0 Å². The predicted octanol–water partition coefficient (Wildman–Crippen LogP) is 1.64. The maximum Gasteiger partial charge on any atom is 0.239 e. The molecule has 0 spiro atoms. The van der Waals surface area contributed by atoms with Crippen LogP contribution >= 0.6 is 0 Å². The molecule has 2 aliphatic heterocycles. The third-order valence-corrected chi connectivity index (χ3v) is 5.17. The number of hydrogen-bond donors (Lipinski definition) is 1. The number of likely N-dealkylation sites (tertiary alicyclic amines) is 1. The summed E-state index contributed by atoms with van der Waals surface area (Å²) in [6.45, 7) is 5.77. The van der Waals surface area contributed by atoms with Gasteiger partial charge in [0.1, 0.15) is 0 Å². The predicted molar refractivity (Wildman–Crippen MR) is 88.7 cm³/mol. The molecule has 1 saturated heterocycles. The molecule has 1 amide bonds. The zero-order valence-electron chi connectivity index (χ0n) is 13.7. The normalized spacial score (nSPS) is 23.4. The van der Waals surface area contributed by atoms with E-state index in [1.807, 2.05) is 7.05 Å². The quantitative estimate of drug-likeness (QED) is 0.918. The van der Waals surface area contributed by atoms with Crippen molar-refractivity contribution in [2.45, 2.75) is 44.8 Å². The van der Waals surface area contributed by atoms with E-state index in [9.17, 15) is 4.79 Å². The Hall–Kier alpha value is -1.39. The van der Waals surface area contributed by atoms with Crippen molar-refractivity contribution in [2.75, 3.05) is 26.7 Å². The maximum atomic E-state index is 12.9. The fourth-order valence-electron chi connectivity index (χ4n) is 3.82. The van der Waals surface area contributed by atoms with Crippen LogP contribution in [0.2, 0.25) is 0 Å². The highest BCUT2D eigenvalue weighted by Crippen LogP contribution is 2.23. The second-order valence-electron chi connectivity index (χ2n) is 6.55. The Bertz CT molecular complexity index is 531. The molecule has 22 heavy (non-hydrogen) atoms. The summed E-state index contributed by atoms with van der Waals surface area (Å²) < 4.78 is 0. The van der Waals surface area contributed by atoms with Gasteiger partial charge >= 0.3 is 0 Å². The van der Waals surface area contributed by atoms with Crippen molar-refractivity contribution in [3.05, 3.63) is 35.4 Å². The number of fused-ring (bicyclic) bond motifs is 1. The zero-order valence-corrected chi connectivity index (χ0v) is 13.7. The minimum Gasteiger partial charge on any atom is -0.337 e. The maximum absolute atomic E-state index is 12.9. The van der Waals surface area contributed by atoms with Gasteiger partial charge in [0, 0.05) is 32.2 Å². The number of carbonyl (C=O) groups excluding carboxylic acids is 1. The number of hydrogen-bond acceptors (Lipinski definition) is 3. The molecule has 1 fully saturated rings. The minimum absolute atomic E-state index is 0.0224. The van der Waals surface area contributed by atoms with Crippen molar-refractivity contribution in [1.82, 2.24) is 15.1 Å². The average molecular weight is 301 g/mol. The average Bonchev–Trinajstić information content (AvgIpc) is 3.01. The van der Waals surface area contributed by atoms with Crippen LogP contribution in [0, 0.1) is 0 Å². The van der Waals surface area contributed by atoms with Gasteiger partial charge in [0.05, 0.1) is 6.04 Å². The molecular weight excluding hydrogens is 274 g/mol. The molecule has 0 aromatic heterocycles. The first-order valence-corrected chi connectivity index (χ1v) is 8.46. The molecule has 4 heteroatoms. The van der Waals surface area contributed by atoms with Crippen molar-refractivity contribution < 1.29 is 4.79 Å². The molecule has 0 bridgehead atoms. The number of benzene rings is 1. The van der Waals surface area contributed by atoms with Crippen LogP contribution in [-0.2, 0) is 17.8 Å². The SMILES string of the molecule is CNCC1CCCN1C(=O)C(C)N1CCc2ccccc2C1. The van der Waals surface area contributed by atoms with Gasteiger partial charge in [-0.2, -0.15) is 0 Å². The summed E-state index contributed by atoms with van der Waals surface area (Å²) >= 11 is 0. The molecular formula is C18H27N3O. The minimum atomic E-state index is -0.0224. The van der Waals surface area contributed by atoms with E-state index in [2.05, 4.69) is 46.3 Å². The van der Waals surface area contributed by atoms with Gasteiger partial charge in [-0.05, 0) is 44.4 Å². The van der Waals surface area contributed by atoms with Crippen LogP contribution in [0.25, 0.3) is 0 Å². The molecule has 2 unspecified atom stereocenters. The van der Waals surface area contributed by atoms with E-state index in [1.165, 1.54) is 11.1 Å². The summed E-state index contributed by atoms with van der Waals surface area (Å²) in [5, 5.41) is 3.22. The Balaban J connectivity index is 1.66. The van der Waals surface area contributed by atoms with Gasteiger partial charge in [-0.25, -0.2) is 0 Å². The van der Waals surface area contributed by atoms with E-state index in [1.54, 1.807) is 0 Å². The van der Waals surface area contributed by atoms with E-state index in [0.717, 1.165) is 45.4 Å². The van der Waals surface area contributed by atoms with E-state index in [4.69, 9.17) is 0 Å². The van der Waals surface area contributed by atoms with Crippen LogP contribution in [0.15, 0.2) is 24.3 Å². The summed E-state index contributed by atoms with van der Waals surface area (Å²) in [6, 6.07) is 8.96. The number of amides is 1. The summed E-state index contributed by atoms with van der Waals surface area (Å²) in [5.74, 6) is 0.303. The number of nitrogens with one attached hydrogen (secondary N) is 1. The highest BCUT2D eigenvalue weighted by molar-refractivity contribution is 5.82. The first-order chi connectivity index (χ1) is 10.7. The van der Waals surface area contributed by atoms with Crippen LogP contribution in [0.3, 0.4) is 0 Å². The Kier molecular flexibility index (Phi) is 4.79. The largest absolute Gasteiger partial charge is 0.337 e. The molecule has 0 saturated carbocycles. The highest BCUT2D eigenvalue weighted by Gasteiger charge is 2.34. The van der Waals surface area contributed by atoms with Gasteiger partial charge in [0.2, 0.25) is 5.91 Å². The van der Waals surface area contributed by atoms with Crippen LogP contribution in [0.5, 0.6) is 0 Å². The molecule has 2 aliphatic rings. The van der Waals surface area contributed by atoms with Gasteiger partial charge in [0.25, 0.3) is 0 Å². The Morgan fingerprint density at radius 1 is 1.32 bits per heavy atom. The lowest BCUT2D eigenvalue weighted by atomic mass is 9.98. The van der Waals surface area contributed by atoms with Crippen LogP contribution in [0.1, 0.15) is 30.9 Å². The van der Waals surface area contributed by atoms with E-state index in [-0.39, 0.29) is 6.04 Å². The van der Waals surface area contributed by atoms with E-state index < -0.39 is 0 Å². The molecule has 3 rings (SSSR count). The smallest absolute Gasteiger partial charge is 0.239 e. The summed E-state index contributed by atoms with van der Waals surface area (Å²) in [7, 11) is 1.96. The number of carbonyl (C=O) groups is 1.